The average molecular weight is 1650 g/mol. The first-order valence-corrected chi connectivity index (χ1v) is 42.2. The fourth-order valence-corrected chi connectivity index (χ4v) is 15.3. The van der Waals surface area contributed by atoms with Crippen molar-refractivity contribution in [2.75, 3.05) is 61.0 Å². The van der Waals surface area contributed by atoms with E-state index in [1.54, 1.807) is 98.1 Å². The molecule has 4 atom stereocenters. The second-order valence-electron chi connectivity index (χ2n) is 24.6. The van der Waals surface area contributed by atoms with Crippen LogP contribution in [0.3, 0.4) is 0 Å². The Morgan fingerprint density at radius 1 is 0.577 bits per heavy atom. The average Bonchev–Trinajstić information content (AvgIpc) is 1.82. The maximum atomic E-state index is 12.4. The van der Waals surface area contributed by atoms with E-state index >= 15 is 0 Å². The van der Waals surface area contributed by atoms with Crippen molar-refractivity contribution < 1.29 is 79.3 Å². The summed E-state index contributed by atoms with van der Waals surface area (Å²) in [6.07, 6.45) is 18.2. The van der Waals surface area contributed by atoms with E-state index in [1.807, 2.05) is 12.1 Å². The number of non-ortho nitro benzene ring substituents is 2. The number of aliphatic hydroxyl groups excluding tert-OH is 4. The Morgan fingerprint density at radius 3 is 1.21 bits per heavy atom. The van der Waals surface area contributed by atoms with Crippen LogP contribution in [0, 0.1) is 54.2 Å². The van der Waals surface area contributed by atoms with Crippen molar-refractivity contribution in [3.8, 4) is 18.2 Å². The van der Waals surface area contributed by atoms with Crippen molar-refractivity contribution in [3.05, 3.63) is 169 Å². The summed E-state index contributed by atoms with van der Waals surface area (Å²) in [7, 11) is -0.305. The summed E-state index contributed by atoms with van der Waals surface area (Å²) in [5.41, 5.74) is 15.0. The number of nitrogen functional groups attached to an aromatic ring is 1. The van der Waals surface area contributed by atoms with E-state index in [9.17, 15) is 75.5 Å². The number of nitro benzene ring substituents is 2. The van der Waals surface area contributed by atoms with Crippen molar-refractivity contribution in [2.24, 2.45) is 5.73 Å². The van der Waals surface area contributed by atoms with E-state index in [2.05, 4.69) is 34.7 Å². The van der Waals surface area contributed by atoms with Gasteiger partial charge in [0.05, 0.1) is 102 Å². The van der Waals surface area contributed by atoms with Gasteiger partial charge in [-0.05, 0) is 149 Å². The molecule has 4 unspecified atom stereocenters. The number of rotatable bonds is 20. The molecule has 28 nitrogen and oxygen atoms in total. The van der Waals surface area contributed by atoms with Gasteiger partial charge in [-0.1, -0.05) is 140 Å². The largest absolute Gasteiger partial charge is 0.466 e. The third-order valence-corrected chi connectivity index (χ3v) is 22.0. The minimum absolute atomic E-state index is 0. The highest BCUT2D eigenvalue weighted by molar-refractivity contribution is 8.14. The number of carbonyl (C=O) groups is 2. The maximum Gasteiger partial charge on any atom is 0.302 e. The molecule has 0 bridgehead atoms. The molecule has 3 saturated carbocycles. The van der Waals surface area contributed by atoms with Gasteiger partial charge in [0.15, 0.2) is 0 Å². The summed E-state index contributed by atoms with van der Waals surface area (Å²) in [5.74, 6) is -0.211. The van der Waals surface area contributed by atoms with Gasteiger partial charge in [0.1, 0.15) is 6.29 Å². The number of nitriles is 3. The molecular weight excluding hydrogens is 1530 g/mol. The Bertz CT molecular complexity index is 3840. The number of esters is 1. The van der Waals surface area contributed by atoms with Gasteiger partial charge in [0.25, 0.3) is 11.4 Å². The lowest BCUT2D eigenvalue weighted by Crippen LogP contribution is -2.29. The Labute approximate surface area is 669 Å². The summed E-state index contributed by atoms with van der Waals surface area (Å²) < 4.78 is 90.5. The zero-order valence-electron chi connectivity index (χ0n) is 62.6. The molecule has 5 aromatic carbocycles. The quantitative estimate of drug-likeness (QED) is 0.00511. The molecule has 0 spiro atoms. The van der Waals surface area contributed by atoms with Crippen LogP contribution < -0.4 is 20.9 Å². The number of carbonyl (C=O) groups excluding carboxylic acids is 2. The summed E-state index contributed by atoms with van der Waals surface area (Å²) in [6.45, 7) is 9.54. The second kappa shape index (κ2) is 63.7. The van der Waals surface area contributed by atoms with E-state index in [0.717, 1.165) is 110 Å². The predicted octanol–water partition coefficient (Wildman–Crippen LogP) is 15.1. The molecule has 2 radical (unpaired) electrons. The molecule has 10 N–H and O–H groups in total. The first-order valence-electron chi connectivity index (χ1n) is 35.9. The molecule has 2 heterocycles. The number of thiol groups is 1. The van der Waals surface area contributed by atoms with Crippen molar-refractivity contribution >= 4 is 101 Å². The van der Waals surface area contributed by atoms with Gasteiger partial charge in [0.2, 0.25) is 29.1 Å². The topological polar surface area (TPSA) is 479 Å². The third kappa shape index (κ3) is 48.7. The Balaban J connectivity index is -0.00000121. The SMILES string of the molecule is C.C.C1CCOC1.C1CCOC1.CCOC(C)=O.CS.N#CCC(O)c1cccc(N)c1.N#CCC(O)c1cccc(NS(=O)(=O)C2CCCCC2)c1.N#CCC(O)c1cccc([N+](=O)[O-])c1.NCCC(O)c1cccc(NS(=O)(=O)C2CCCCC2)c1.O=Cc1cccc([N+](=O)[O-])c1.O=S(=O)(Cl)C1CCCCC1.[B]C. The van der Waals surface area contributed by atoms with E-state index in [1.165, 1.54) is 81.9 Å². The van der Waals surface area contributed by atoms with E-state index in [0.29, 0.717) is 83.6 Å². The van der Waals surface area contributed by atoms with Gasteiger partial charge >= 0.3 is 5.97 Å². The molecule has 111 heavy (non-hydrogen) atoms. The van der Waals surface area contributed by atoms with E-state index in [-0.39, 0.29) is 67.2 Å². The van der Waals surface area contributed by atoms with Crippen LogP contribution in [-0.2, 0) is 48.1 Å². The number of ether oxygens (including phenoxy) is 3. The number of benzene rings is 5. The van der Waals surface area contributed by atoms with Crippen LogP contribution in [0.4, 0.5) is 28.4 Å². The Hall–Kier alpha value is -7.82. The number of hydrogen-bond acceptors (Lipinski definition) is 25. The lowest BCUT2D eigenvalue weighted by Gasteiger charge is -2.22. The predicted molar refractivity (Wildman–Crippen MR) is 442 cm³/mol. The molecule has 2 aliphatic heterocycles. The summed E-state index contributed by atoms with van der Waals surface area (Å²) in [5, 5.41) is 83.4. The molecule has 5 fully saturated rings. The highest BCUT2D eigenvalue weighted by Crippen LogP contribution is 2.30. The molecule has 5 aromatic rings. The fraction of sp³-hybridized carbons (Fsp3) is 0.545. The van der Waals surface area contributed by atoms with Gasteiger partial charge in [0, 0.05) is 90.9 Å². The van der Waals surface area contributed by atoms with Crippen LogP contribution >= 0.6 is 23.3 Å². The van der Waals surface area contributed by atoms with Crippen LogP contribution in [0.25, 0.3) is 0 Å². The van der Waals surface area contributed by atoms with Crippen LogP contribution in [0.5, 0.6) is 0 Å². The van der Waals surface area contributed by atoms with Gasteiger partial charge in [-0.3, -0.25) is 39.3 Å². The minimum atomic E-state index is -3.39. The molecule has 0 aromatic heterocycles. The zero-order valence-corrected chi connectivity index (χ0v) is 66.7. The number of nitrogens with zero attached hydrogens (tertiary/aromatic N) is 5. The third-order valence-electron chi connectivity index (χ3n) is 16.3. The number of anilines is 3. The summed E-state index contributed by atoms with van der Waals surface area (Å²) in [4.78, 5) is 39.5. The van der Waals surface area contributed by atoms with Crippen molar-refractivity contribution in [2.45, 2.75) is 223 Å². The standard InChI is InChI=1S/C15H24N2O3S.C15H20N2O3S.C9H8N2O3.C9H10N2O.C7H5NO3.C6H11ClO2S.C4H8O2.2C4H8O.CH3B.CH4S.2CH4/c2*16-10-9-15(18)12-5-4-6-13(11-12)17-21(19,20)14-7-2-1-3-8-14;10-5-4-9(12)7-2-1-3-8(6-7)11(13)14;10-5-4-9(12)7-2-1-3-8(11)6-7;9-5-6-2-1-3-7(4-6)8(10)11;7-10(8,9)6-4-2-1-3-5-6;1-3-6-4(2)5;2*1-2-4-5-3-1;2*1-2;;/h4-6,11,14-15,17-18H,1-3,7-10,16H2;4-6,11,14-15,17-18H,1-3,7-9H2;1-3,6,9,12H,4H2;1-3,6,9,12H,4,11H2;1-5H;6H,1-5H2;3H2,1-2H3;2*1-4H2;1H3;2H,1H3;2*1H4. The number of halogens is 1. The lowest BCUT2D eigenvalue weighted by atomic mass is 10.0. The van der Waals surface area contributed by atoms with Crippen molar-refractivity contribution in [1.82, 2.24) is 0 Å². The number of nitro groups is 2. The molecule has 3 aliphatic carbocycles. The molecule has 618 valence electrons. The fourth-order valence-electron chi connectivity index (χ4n) is 10.7. The number of nitrogens with two attached hydrogens (primary N) is 2. The first kappa shape index (κ1) is 107. The van der Waals surface area contributed by atoms with Gasteiger partial charge in [-0.25, -0.2) is 25.3 Å². The number of aldehydes is 1. The Morgan fingerprint density at radius 2 is 0.910 bits per heavy atom. The molecule has 10 rings (SSSR count). The van der Waals surface area contributed by atoms with Gasteiger partial charge in [-0.2, -0.15) is 28.4 Å². The lowest BCUT2D eigenvalue weighted by molar-refractivity contribution is -0.385. The van der Waals surface area contributed by atoms with E-state index in [4.69, 9.17) is 47.4 Å². The number of nitrogens with one attached hydrogen (secondary N) is 2. The molecule has 5 aliphatic rings. The zero-order chi connectivity index (χ0) is 82.1. The van der Waals surface area contributed by atoms with Crippen LogP contribution in [-0.4, -0.2) is 137 Å². The number of aliphatic hydroxyl groups is 4. The normalized spacial score (nSPS) is 15.3. The molecule has 34 heteroatoms. The monoisotopic (exact) mass is 1650 g/mol. The minimum Gasteiger partial charge on any atom is -0.466 e. The highest BCUT2D eigenvalue weighted by Gasteiger charge is 2.29. The van der Waals surface area contributed by atoms with Crippen molar-refractivity contribution in [1.29, 1.82) is 15.8 Å². The maximum absolute atomic E-state index is 12.4. The Kier molecular flexibility index (Phi) is 61.6. The van der Waals surface area contributed by atoms with E-state index < -0.39 is 63.4 Å². The number of hydrogen-bond donors (Lipinski definition) is 9. The van der Waals surface area contributed by atoms with Crippen molar-refractivity contribution in [3.63, 3.8) is 0 Å². The second-order valence-corrected chi connectivity index (χ2v) is 31.4. The van der Waals surface area contributed by atoms with Gasteiger partial charge in [-0.15, -0.1) is 0 Å². The molecule has 0 amide bonds. The summed E-state index contributed by atoms with van der Waals surface area (Å²) in [6, 6.07) is 37.2. The first-order chi connectivity index (χ1) is 52.0. The highest BCUT2D eigenvalue weighted by atomic mass is 35.7. The van der Waals surface area contributed by atoms with Crippen LogP contribution in [0.2, 0.25) is 6.82 Å². The smallest absolute Gasteiger partial charge is 0.302 e. The molecular formula is C77H117BClN9O19S4. The molecule has 2 saturated heterocycles. The van der Waals surface area contributed by atoms with Gasteiger partial charge < -0.3 is 46.1 Å². The number of sulfonamides is 2. The van der Waals surface area contributed by atoms with Crippen LogP contribution in [0.15, 0.2) is 121 Å². The summed E-state index contributed by atoms with van der Waals surface area (Å²) >= 11 is 3.53. The van der Waals surface area contributed by atoms with Crippen LogP contribution in [0.1, 0.15) is 233 Å².